The molecule has 0 aromatic heterocycles. The van der Waals surface area contributed by atoms with E-state index < -0.39 is 23.2 Å². The summed E-state index contributed by atoms with van der Waals surface area (Å²) in [4.78, 5) is 25.0. The van der Waals surface area contributed by atoms with Crippen molar-refractivity contribution in [3.05, 3.63) is 41.7 Å². The second kappa shape index (κ2) is 5.56. The lowest BCUT2D eigenvalue weighted by atomic mass is 9.98. The maximum Gasteiger partial charge on any atom is 0.326 e. The van der Waals surface area contributed by atoms with Crippen LogP contribution in [0.1, 0.15) is 20.8 Å². The molecule has 6 N–H and O–H groups in total. The molecule has 1 unspecified atom stereocenters. The van der Waals surface area contributed by atoms with E-state index in [1.165, 1.54) is 11.8 Å². The molecule has 0 saturated heterocycles. The number of para-hydroxylation sites is 1. The lowest BCUT2D eigenvalue weighted by molar-refractivity contribution is -0.117. The molecule has 1 aromatic carbocycles. The third kappa shape index (κ3) is 2.86. The number of nitrogens with zero attached hydrogens (tertiary/aromatic N) is 1. The molecule has 23 heavy (non-hydrogen) atoms. The number of urea groups is 1. The molecule has 8 heteroatoms. The minimum Gasteiger partial charge on any atom is -0.509 e. The molecular weight excluding hydrogens is 300 g/mol. The fourth-order valence-corrected chi connectivity index (χ4v) is 2.58. The molecule has 0 saturated carbocycles. The lowest BCUT2D eigenvalue weighted by Crippen LogP contribution is -2.56. The Kier molecular flexibility index (Phi) is 4.06. The minimum atomic E-state index is -2.00. The first kappa shape index (κ1) is 16.8. The van der Waals surface area contributed by atoms with E-state index >= 15 is 0 Å². The van der Waals surface area contributed by atoms with Crippen molar-refractivity contribution in [3.63, 3.8) is 0 Å². The van der Waals surface area contributed by atoms with E-state index in [0.717, 1.165) is 0 Å². The molecule has 3 amide bonds. The Labute approximate surface area is 133 Å². The van der Waals surface area contributed by atoms with Crippen LogP contribution in [0.25, 0.3) is 0 Å². The zero-order chi connectivity index (χ0) is 17.4. The fourth-order valence-electron chi connectivity index (χ4n) is 2.58. The van der Waals surface area contributed by atoms with Gasteiger partial charge in [-0.05, 0) is 32.9 Å². The van der Waals surface area contributed by atoms with Gasteiger partial charge in [-0.3, -0.25) is 15.1 Å². The maximum atomic E-state index is 12.8. The number of aliphatic hydroxyl groups excluding tert-OH is 1. The number of hydrazine groups is 1. The summed E-state index contributed by atoms with van der Waals surface area (Å²) < 4.78 is 0. The molecule has 0 fully saturated rings. The van der Waals surface area contributed by atoms with Crippen LogP contribution in [0.2, 0.25) is 0 Å². The van der Waals surface area contributed by atoms with Gasteiger partial charge in [-0.2, -0.15) is 5.43 Å². The number of hydrogen-bond donors (Lipinski definition) is 5. The summed E-state index contributed by atoms with van der Waals surface area (Å²) in [7, 11) is 0. The number of carbonyl (C=O) groups is 2. The zero-order valence-electron chi connectivity index (χ0n) is 13.1. The van der Waals surface area contributed by atoms with Gasteiger partial charge in [0.15, 0.2) is 5.72 Å². The minimum absolute atomic E-state index is 0.264. The summed E-state index contributed by atoms with van der Waals surface area (Å²) in [5.74, 6) is -0.877. The predicted octanol–water partition coefficient (Wildman–Crippen LogP) is 0.505. The molecule has 1 aliphatic rings. The molecular formula is C15H20N4O4. The highest BCUT2D eigenvalue weighted by Crippen LogP contribution is 2.40. The Bertz CT molecular complexity index is 667. The molecule has 0 bridgehead atoms. The average molecular weight is 320 g/mol. The van der Waals surface area contributed by atoms with Crippen molar-refractivity contribution >= 4 is 17.6 Å². The van der Waals surface area contributed by atoms with E-state index in [-0.39, 0.29) is 11.3 Å². The number of carbonyl (C=O) groups excluding carboxylic acids is 2. The summed E-state index contributed by atoms with van der Waals surface area (Å²) in [6.07, 6.45) is 0. The number of rotatable bonds is 4. The number of amides is 3. The van der Waals surface area contributed by atoms with Gasteiger partial charge in [0, 0.05) is 5.69 Å². The molecule has 0 spiro atoms. The molecule has 0 radical (unpaired) electrons. The number of anilines is 1. The number of nitrogens with one attached hydrogen (secondary N) is 2. The molecule has 1 aliphatic heterocycles. The molecule has 2 rings (SSSR count). The predicted molar refractivity (Wildman–Crippen MR) is 84.1 cm³/mol. The summed E-state index contributed by atoms with van der Waals surface area (Å²) in [5.41, 5.74) is 6.43. The molecule has 124 valence electrons. The first-order valence-corrected chi connectivity index (χ1v) is 6.98. The number of aliphatic hydroxyl groups is 2. The highest BCUT2D eigenvalue weighted by Gasteiger charge is 2.52. The van der Waals surface area contributed by atoms with Gasteiger partial charge in [0.1, 0.15) is 16.9 Å². The molecule has 1 heterocycles. The van der Waals surface area contributed by atoms with Crippen molar-refractivity contribution in [2.75, 3.05) is 4.90 Å². The third-order valence-corrected chi connectivity index (χ3v) is 3.72. The van der Waals surface area contributed by atoms with E-state index in [9.17, 15) is 19.8 Å². The normalized spacial score (nSPS) is 19.7. The van der Waals surface area contributed by atoms with E-state index in [1.54, 1.807) is 44.2 Å². The van der Waals surface area contributed by atoms with E-state index in [0.29, 0.717) is 5.69 Å². The first-order valence-electron chi connectivity index (χ1n) is 6.98. The van der Waals surface area contributed by atoms with Crippen molar-refractivity contribution in [3.8, 4) is 0 Å². The highest BCUT2D eigenvalue weighted by atomic mass is 16.3. The van der Waals surface area contributed by atoms with Crippen molar-refractivity contribution in [2.24, 2.45) is 5.73 Å². The van der Waals surface area contributed by atoms with Gasteiger partial charge in [-0.25, -0.2) is 4.79 Å². The number of hydrogen-bond acceptors (Lipinski definition) is 5. The van der Waals surface area contributed by atoms with Gasteiger partial charge >= 0.3 is 6.03 Å². The van der Waals surface area contributed by atoms with Gasteiger partial charge < -0.3 is 15.9 Å². The van der Waals surface area contributed by atoms with Crippen LogP contribution in [-0.2, 0) is 4.79 Å². The van der Waals surface area contributed by atoms with Crippen LogP contribution in [0.5, 0.6) is 0 Å². The smallest absolute Gasteiger partial charge is 0.326 e. The van der Waals surface area contributed by atoms with Gasteiger partial charge in [0.25, 0.3) is 5.91 Å². The zero-order valence-corrected chi connectivity index (χ0v) is 13.1. The summed E-state index contributed by atoms with van der Waals surface area (Å²) in [6.45, 7) is 4.53. The molecule has 0 aliphatic carbocycles. The average Bonchev–Trinajstić information content (AvgIpc) is 2.64. The van der Waals surface area contributed by atoms with Crippen LogP contribution in [0.4, 0.5) is 10.5 Å². The second-order valence-corrected chi connectivity index (χ2v) is 5.95. The topological polar surface area (TPSA) is 128 Å². The van der Waals surface area contributed by atoms with Crippen molar-refractivity contribution in [2.45, 2.75) is 32.0 Å². The molecule has 1 aromatic rings. The van der Waals surface area contributed by atoms with Gasteiger partial charge in [-0.15, -0.1) is 0 Å². The first-order chi connectivity index (χ1) is 10.6. The van der Waals surface area contributed by atoms with E-state index in [1.807, 2.05) is 5.43 Å². The monoisotopic (exact) mass is 320 g/mol. The Balaban J connectivity index is 2.44. The van der Waals surface area contributed by atoms with Gasteiger partial charge in [-0.1, -0.05) is 18.2 Å². The number of primary amides is 1. The molecule has 8 nitrogen and oxygen atoms in total. The molecule has 1 atom stereocenters. The second-order valence-electron chi connectivity index (χ2n) is 5.95. The van der Waals surface area contributed by atoms with Crippen LogP contribution in [0, 0.1) is 0 Å². The van der Waals surface area contributed by atoms with Crippen LogP contribution >= 0.6 is 0 Å². The van der Waals surface area contributed by atoms with Crippen molar-refractivity contribution < 1.29 is 19.8 Å². The summed E-state index contributed by atoms with van der Waals surface area (Å²) in [5, 5.41) is 20.9. The summed E-state index contributed by atoms with van der Waals surface area (Å²) >= 11 is 0. The Morgan fingerprint density at radius 3 is 2.39 bits per heavy atom. The lowest BCUT2D eigenvalue weighted by Gasteiger charge is -2.32. The Hall–Kier alpha value is -2.58. The fraction of sp³-hybridized carbons (Fsp3) is 0.333. The van der Waals surface area contributed by atoms with Crippen molar-refractivity contribution in [1.29, 1.82) is 0 Å². The van der Waals surface area contributed by atoms with Gasteiger partial charge in [0.2, 0.25) is 0 Å². The van der Waals surface area contributed by atoms with E-state index in [4.69, 9.17) is 5.73 Å². The van der Waals surface area contributed by atoms with E-state index in [2.05, 4.69) is 5.43 Å². The van der Waals surface area contributed by atoms with Crippen LogP contribution in [-0.4, -0.2) is 33.4 Å². The third-order valence-electron chi connectivity index (χ3n) is 3.72. The Morgan fingerprint density at radius 1 is 1.30 bits per heavy atom. The van der Waals surface area contributed by atoms with Crippen molar-refractivity contribution in [1.82, 2.24) is 10.9 Å². The number of nitrogens with two attached hydrogens (primary N) is 1. The summed E-state index contributed by atoms with van der Waals surface area (Å²) in [6, 6.07) is 7.84. The quantitative estimate of drug-likeness (QED) is 0.408. The van der Waals surface area contributed by atoms with Crippen LogP contribution < -0.4 is 21.5 Å². The van der Waals surface area contributed by atoms with Gasteiger partial charge in [0.05, 0.1) is 0 Å². The van der Waals surface area contributed by atoms with Crippen LogP contribution in [0.15, 0.2) is 41.7 Å². The maximum absolute atomic E-state index is 12.8. The van der Waals surface area contributed by atoms with Crippen LogP contribution in [0.3, 0.4) is 0 Å². The SMILES string of the molecule is CC(O)(NNC(N)=O)C1=C(O)C(C)(C)N(c2ccccc2)C1=O. The highest BCUT2D eigenvalue weighted by molar-refractivity contribution is 6.11. The standard InChI is InChI=1S/C15H20N4O4/c1-14(2)11(20)10(15(3,23)18-17-13(16)22)12(21)19(14)9-7-5-4-6-8-9/h4-8,18,20,23H,1-3H3,(H3,16,17,22). The Morgan fingerprint density at radius 2 is 1.87 bits per heavy atom. The largest absolute Gasteiger partial charge is 0.509 e. The number of benzene rings is 1.